The minimum Gasteiger partial charge on any atom is -0.483 e. The van der Waals surface area contributed by atoms with Crippen LogP contribution in [-0.2, 0) is 4.79 Å². The molecule has 22 heavy (non-hydrogen) atoms. The highest BCUT2D eigenvalue weighted by Gasteiger charge is 2.04. The van der Waals surface area contributed by atoms with Crippen LogP contribution in [-0.4, -0.2) is 18.7 Å². The molecule has 0 unspecified atom stereocenters. The number of hydrogen-bond donors (Lipinski definition) is 1. The first-order valence-corrected chi connectivity index (χ1v) is 7.26. The van der Waals surface area contributed by atoms with E-state index in [0.29, 0.717) is 15.8 Å². The molecular formula is C16H14Cl2N2O2. The van der Waals surface area contributed by atoms with Gasteiger partial charge in [-0.1, -0.05) is 35.3 Å². The zero-order valence-corrected chi connectivity index (χ0v) is 13.4. The smallest absolute Gasteiger partial charge is 0.277 e. The minimum atomic E-state index is -0.354. The molecular weight excluding hydrogens is 323 g/mol. The molecule has 0 aliphatic carbocycles. The van der Waals surface area contributed by atoms with Crippen molar-refractivity contribution in [1.29, 1.82) is 0 Å². The Bertz CT molecular complexity index is 702. The number of nitrogens with one attached hydrogen (secondary N) is 1. The maximum Gasteiger partial charge on any atom is 0.277 e. The lowest BCUT2D eigenvalue weighted by atomic mass is 10.2. The van der Waals surface area contributed by atoms with Gasteiger partial charge >= 0.3 is 0 Å². The Morgan fingerprint density at radius 1 is 1.23 bits per heavy atom. The summed E-state index contributed by atoms with van der Waals surface area (Å²) in [6, 6.07) is 12.3. The number of carbonyl (C=O) groups excluding carboxylic acids is 1. The van der Waals surface area contributed by atoms with Crippen LogP contribution >= 0.6 is 23.2 Å². The monoisotopic (exact) mass is 336 g/mol. The van der Waals surface area contributed by atoms with E-state index in [1.807, 2.05) is 13.0 Å². The molecule has 0 aliphatic heterocycles. The third kappa shape index (κ3) is 5.06. The molecule has 4 nitrogen and oxygen atoms in total. The number of aryl methyl sites for hydroxylation is 1. The van der Waals surface area contributed by atoms with Gasteiger partial charge in [-0.05, 0) is 48.4 Å². The van der Waals surface area contributed by atoms with Crippen LogP contribution < -0.4 is 10.2 Å². The van der Waals surface area contributed by atoms with E-state index in [9.17, 15) is 4.79 Å². The Hall–Kier alpha value is -2.04. The number of rotatable bonds is 5. The van der Waals surface area contributed by atoms with Crippen LogP contribution in [0.15, 0.2) is 47.6 Å². The van der Waals surface area contributed by atoms with Gasteiger partial charge in [-0.15, -0.1) is 0 Å². The molecule has 6 heteroatoms. The second-order valence-electron chi connectivity index (χ2n) is 4.55. The van der Waals surface area contributed by atoms with Gasteiger partial charge in [0, 0.05) is 10.0 Å². The lowest BCUT2D eigenvalue weighted by Gasteiger charge is -2.08. The van der Waals surface area contributed by atoms with Gasteiger partial charge in [0.1, 0.15) is 5.75 Å². The van der Waals surface area contributed by atoms with E-state index in [4.69, 9.17) is 27.9 Å². The van der Waals surface area contributed by atoms with Crippen LogP contribution in [0.3, 0.4) is 0 Å². The molecule has 0 bridgehead atoms. The fourth-order valence-electron chi connectivity index (χ4n) is 1.72. The summed E-state index contributed by atoms with van der Waals surface area (Å²) < 4.78 is 5.41. The highest BCUT2D eigenvalue weighted by Crippen LogP contribution is 2.21. The number of ether oxygens (including phenoxy) is 1. The summed E-state index contributed by atoms with van der Waals surface area (Å²) in [5.74, 6) is 0.256. The maximum atomic E-state index is 11.6. The zero-order chi connectivity index (χ0) is 15.9. The summed E-state index contributed by atoms with van der Waals surface area (Å²) >= 11 is 11.7. The van der Waals surface area contributed by atoms with Crippen LogP contribution in [0.25, 0.3) is 0 Å². The summed E-state index contributed by atoms with van der Waals surface area (Å²) in [7, 11) is 0. The van der Waals surface area contributed by atoms with E-state index in [1.165, 1.54) is 6.21 Å². The van der Waals surface area contributed by atoms with Crippen LogP contribution in [0.2, 0.25) is 10.0 Å². The molecule has 114 valence electrons. The van der Waals surface area contributed by atoms with Gasteiger partial charge in [0.25, 0.3) is 5.91 Å². The summed E-state index contributed by atoms with van der Waals surface area (Å²) in [6.45, 7) is 1.73. The summed E-state index contributed by atoms with van der Waals surface area (Å²) in [5, 5.41) is 5.08. The number of hydrazone groups is 1. The molecule has 0 saturated heterocycles. The first-order chi connectivity index (χ1) is 10.5. The average molecular weight is 337 g/mol. The number of carbonyl (C=O) groups is 1. The van der Waals surface area contributed by atoms with E-state index in [-0.39, 0.29) is 12.5 Å². The van der Waals surface area contributed by atoms with Crippen LogP contribution in [0.5, 0.6) is 5.75 Å². The van der Waals surface area contributed by atoms with E-state index >= 15 is 0 Å². The van der Waals surface area contributed by atoms with Crippen LogP contribution in [0.4, 0.5) is 0 Å². The SMILES string of the molecule is Cc1cc(Cl)ccc1OCC(=O)NN=Cc1cccc(Cl)c1. The molecule has 0 spiro atoms. The van der Waals surface area contributed by atoms with Crippen molar-refractivity contribution in [2.45, 2.75) is 6.92 Å². The first-order valence-electron chi connectivity index (χ1n) is 6.51. The number of amides is 1. The van der Waals surface area contributed by atoms with Crippen molar-refractivity contribution < 1.29 is 9.53 Å². The van der Waals surface area contributed by atoms with Crippen molar-refractivity contribution in [3.63, 3.8) is 0 Å². The molecule has 1 amide bonds. The fourth-order valence-corrected chi connectivity index (χ4v) is 2.14. The third-order valence-electron chi connectivity index (χ3n) is 2.75. The van der Waals surface area contributed by atoms with Crippen molar-refractivity contribution in [1.82, 2.24) is 5.43 Å². The van der Waals surface area contributed by atoms with E-state index in [1.54, 1.807) is 36.4 Å². The molecule has 2 aromatic rings. The largest absolute Gasteiger partial charge is 0.483 e. The molecule has 0 aromatic heterocycles. The van der Waals surface area contributed by atoms with Gasteiger partial charge in [-0.3, -0.25) is 4.79 Å². The number of nitrogens with zero attached hydrogens (tertiary/aromatic N) is 1. The Morgan fingerprint density at radius 2 is 2.00 bits per heavy atom. The molecule has 1 N–H and O–H groups in total. The van der Waals surface area contributed by atoms with Crippen molar-refractivity contribution in [2.24, 2.45) is 5.10 Å². The lowest BCUT2D eigenvalue weighted by Crippen LogP contribution is -2.24. The van der Waals surface area contributed by atoms with E-state index in [2.05, 4.69) is 10.5 Å². The maximum absolute atomic E-state index is 11.6. The highest BCUT2D eigenvalue weighted by molar-refractivity contribution is 6.31. The van der Waals surface area contributed by atoms with Crippen molar-refractivity contribution >= 4 is 35.3 Å². The third-order valence-corrected chi connectivity index (χ3v) is 3.22. The quantitative estimate of drug-likeness (QED) is 0.666. The predicted molar refractivity (Wildman–Crippen MR) is 88.9 cm³/mol. The normalized spacial score (nSPS) is 10.7. The van der Waals surface area contributed by atoms with Crippen molar-refractivity contribution in [3.8, 4) is 5.75 Å². The predicted octanol–water partition coefficient (Wildman–Crippen LogP) is 3.83. The Morgan fingerprint density at radius 3 is 2.73 bits per heavy atom. The molecule has 0 atom stereocenters. The van der Waals surface area contributed by atoms with Gasteiger partial charge in [-0.2, -0.15) is 5.10 Å². The molecule has 0 aliphatic rings. The summed E-state index contributed by atoms with van der Waals surface area (Å²) in [6.07, 6.45) is 1.51. The van der Waals surface area contributed by atoms with E-state index in [0.717, 1.165) is 11.1 Å². The van der Waals surface area contributed by atoms with Crippen LogP contribution in [0.1, 0.15) is 11.1 Å². The van der Waals surface area contributed by atoms with Gasteiger partial charge < -0.3 is 4.74 Å². The minimum absolute atomic E-state index is 0.130. The lowest BCUT2D eigenvalue weighted by molar-refractivity contribution is -0.123. The van der Waals surface area contributed by atoms with Crippen LogP contribution in [0, 0.1) is 6.92 Å². The molecule has 2 rings (SSSR count). The second kappa shape index (κ2) is 7.82. The summed E-state index contributed by atoms with van der Waals surface area (Å²) in [4.78, 5) is 11.6. The van der Waals surface area contributed by atoms with Gasteiger partial charge in [0.2, 0.25) is 0 Å². The molecule has 0 fully saturated rings. The average Bonchev–Trinajstić information content (AvgIpc) is 2.46. The molecule has 0 radical (unpaired) electrons. The number of hydrogen-bond acceptors (Lipinski definition) is 3. The fraction of sp³-hybridized carbons (Fsp3) is 0.125. The van der Waals surface area contributed by atoms with Gasteiger partial charge in [0.05, 0.1) is 6.21 Å². The van der Waals surface area contributed by atoms with Crippen molar-refractivity contribution in [3.05, 3.63) is 63.6 Å². The van der Waals surface area contributed by atoms with Gasteiger partial charge in [-0.25, -0.2) is 5.43 Å². The van der Waals surface area contributed by atoms with Crippen molar-refractivity contribution in [2.75, 3.05) is 6.61 Å². The summed E-state index contributed by atoms with van der Waals surface area (Å²) in [5.41, 5.74) is 4.05. The number of halogens is 2. The topological polar surface area (TPSA) is 50.7 Å². The van der Waals surface area contributed by atoms with Gasteiger partial charge in [0.15, 0.2) is 6.61 Å². The molecule has 0 saturated carbocycles. The second-order valence-corrected chi connectivity index (χ2v) is 5.42. The Kier molecular flexibility index (Phi) is 5.81. The standard InChI is InChI=1S/C16H14Cl2N2O2/c1-11-7-14(18)5-6-15(11)22-10-16(21)20-19-9-12-3-2-4-13(17)8-12/h2-9H,10H2,1H3,(H,20,21). The Labute approximate surface area is 138 Å². The Balaban J connectivity index is 1.83. The molecule has 2 aromatic carbocycles. The van der Waals surface area contributed by atoms with E-state index < -0.39 is 0 Å². The zero-order valence-electron chi connectivity index (χ0n) is 11.8. The number of benzene rings is 2. The first kappa shape index (κ1) is 16.3. The highest BCUT2D eigenvalue weighted by atomic mass is 35.5. The molecule has 0 heterocycles.